The molecule has 1 saturated heterocycles. The fourth-order valence-corrected chi connectivity index (χ4v) is 1.26. The third-order valence-corrected chi connectivity index (χ3v) is 1.84. The van der Waals surface area contributed by atoms with Crippen LogP contribution in [0.1, 0.15) is 19.8 Å². The standard InChI is InChI=1S/C8H15NO2/c1-2-4-9-5-3-8(10)11-7-6-9/h2-7H2,1H3. The molecule has 3 nitrogen and oxygen atoms in total. The third-order valence-electron chi connectivity index (χ3n) is 1.84. The lowest BCUT2D eigenvalue weighted by Crippen LogP contribution is -2.26. The maximum absolute atomic E-state index is 10.8. The lowest BCUT2D eigenvalue weighted by atomic mass is 10.3. The first kappa shape index (κ1) is 8.53. The highest BCUT2D eigenvalue weighted by atomic mass is 16.5. The van der Waals surface area contributed by atoms with E-state index in [4.69, 9.17) is 4.74 Å². The van der Waals surface area contributed by atoms with Gasteiger partial charge in [-0.1, -0.05) is 6.92 Å². The van der Waals surface area contributed by atoms with Crippen molar-refractivity contribution in [3.05, 3.63) is 0 Å². The summed E-state index contributed by atoms with van der Waals surface area (Å²) in [7, 11) is 0. The molecule has 3 heteroatoms. The molecule has 0 aliphatic carbocycles. The number of hydrogen-bond acceptors (Lipinski definition) is 3. The smallest absolute Gasteiger partial charge is 0.307 e. The second-order valence-corrected chi connectivity index (χ2v) is 2.81. The molecule has 0 aromatic carbocycles. The predicted molar refractivity (Wildman–Crippen MR) is 42.3 cm³/mol. The summed E-state index contributed by atoms with van der Waals surface area (Å²) < 4.78 is 4.90. The first-order valence-electron chi connectivity index (χ1n) is 4.21. The average molecular weight is 157 g/mol. The van der Waals surface area contributed by atoms with Gasteiger partial charge in [0.1, 0.15) is 6.61 Å². The number of rotatable bonds is 2. The molecule has 1 aliphatic heterocycles. The Balaban J connectivity index is 2.28. The fraction of sp³-hybridized carbons (Fsp3) is 0.875. The molecule has 64 valence electrons. The van der Waals surface area contributed by atoms with Crippen LogP contribution in [0, 0.1) is 0 Å². The SMILES string of the molecule is CCCN1CCOC(=O)CC1. The molecule has 0 saturated carbocycles. The number of esters is 1. The van der Waals surface area contributed by atoms with Gasteiger partial charge in [-0.2, -0.15) is 0 Å². The van der Waals surface area contributed by atoms with E-state index in [-0.39, 0.29) is 5.97 Å². The number of ether oxygens (including phenoxy) is 1. The van der Waals surface area contributed by atoms with Crippen LogP contribution in [0.2, 0.25) is 0 Å². The molecule has 0 aromatic heterocycles. The molecule has 0 bridgehead atoms. The van der Waals surface area contributed by atoms with Gasteiger partial charge in [-0.25, -0.2) is 0 Å². The Labute approximate surface area is 67.3 Å². The maximum atomic E-state index is 10.8. The Hall–Kier alpha value is -0.570. The normalized spacial score (nSPS) is 21.0. The van der Waals surface area contributed by atoms with Gasteiger partial charge < -0.3 is 4.74 Å². The summed E-state index contributed by atoms with van der Waals surface area (Å²) in [5, 5.41) is 0. The second-order valence-electron chi connectivity index (χ2n) is 2.81. The van der Waals surface area contributed by atoms with Gasteiger partial charge >= 0.3 is 5.97 Å². The van der Waals surface area contributed by atoms with Gasteiger partial charge in [-0.15, -0.1) is 0 Å². The zero-order chi connectivity index (χ0) is 8.10. The molecule has 0 radical (unpaired) electrons. The molecule has 0 amide bonds. The van der Waals surface area contributed by atoms with E-state index in [1.54, 1.807) is 0 Å². The summed E-state index contributed by atoms with van der Waals surface area (Å²) in [6, 6.07) is 0. The summed E-state index contributed by atoms with van der Waals surface area (Å²) in [5.74, 6) is -0.0522. The molecular weight excluding hydrogens is 142 g/mol. The van der Waals surface area contributed by atoms with Crippen molar-refractivity contribution in [1.82, 2.24) is 4.90 Å². The van der Waals surface area contributed by atoms with Crippen molar-refractivity contribution in [2.24, 2.45) is 0 Å². The van der Waals surface area contributed by atoms with Crippen molar-refractivity contribution in [2.45, 2.75) is 19.8 Å². The number of cyclic esters (lactones) is 1. The minimum Gasteiger partial charge on any atom is -0.464 e. The van der Waals surface area contributed by atoms with Crippen LogP contribution in [0.3, 0.4) is 0 Å². The highest BCUT2D eigenvalue weighted by molar-refractivity contribution is 5.69. The number of nitrogens with zero attached hydrogens (tertiary/aromatic N) is 1. The van der Waals surface area contributed by atoms with E-state index in [2.05, 4.69) is 11.8 Å². The van der Waals surface area contributed by atoms with Crippen molar-refractivity contribution in [3.8, 4) is 0 Å². The van der Waals surface area contributed by atoms with Crippen LogP contribution in [0.5, 0.6) is 0 Å². The monoisotopic (exact) mass is 157 g/mol. The lowest BCUT2D eigenvalue weighted by Gasteiger charge is -2.16. The van der Waals surface area contributed by atoms with Gasteiger partial charge in [0.05, 0.1) is 6.42 Å². The summed E-state index contributed by atoms with van der Waals surface area (Å²) in [4.78, 5) is 13.1. The van der Waals surface area contributed by atoms with E-state index in [9.17, 15) is 4.79 Å². The second kappa shape index (κ2) is 4.34. The Morgan fingerprint density at radius 1 is 1.55 bits per heavy atom. The van der Waals surface area contributed by atoms with Crippen LogP contribution >= 0.6 is 0 Å². The van der Waals surface area contributed by atoms with Crippen molar-refractivity contribution < 1.29 is 9.53 Å². The fourth-order valence-electron chi connectivity index (χ4n) is 1.26. The molecule has 1 fully saturated rings. The minimum absolute atomic E-state index is 0.0522. The van der Waals surface area contributed by atoms with E-state index in [1.807, 2.05) is 0 Å². The molecule has 1 aliphatic rings. The van der Waals surface area contributed by atoms with Crippen LogP contribution in [0.15, 0.2) is 0 Å². The zero-order valence-electron chi connectivity index (χ0n) is 7.01. The zero-order valence-corrected chi connectivity index (χ0v) is 7.01. The van der Waals surface area contributed by atoms with Crippen LogP contribution in [-0.4, -0.2) is 37.1 Å². The van der Waals surface area contributed by atoms with E-state index in [0.717, 1.165) is 26.1 Å². The Kier molecular flexibility index (Phi) is 3.36. The summed E-state index contributed by atoms with van der Waals surface area (Å²) >= 11 is 0. The van der Waals surface area contributed by atoms with Crippen molar-refractivity contribution in [1.29, 1.82) is 0 Å². The van der Waals surface area contributed by atoms with Crippen molar-refractivity contribution in [2.75, 3.05) is 26.2 Å². The maximum Gasteiger partial charge on any atom is 0.307 e. The topological polar surface area (TPSA) is 29.5 Å². The first-order chi connectivity index (χ1) is 5.33. The minimum atomic E-state index is -0.0522. The van der Waals surface area contributed by atoms with Crippen LogP contribution in [0.25, 0.3) is 0 Å². The average Bonchev–Trinajstić information content (AvgIpc) is 2.17. The Morgan fingerprint density at radius 3 is 3.09 bits per heavy atom. The van der Waals surface area contributed by atoms with Crippen LogP contribution in [-0.2, 0) is 9.53 Å². The van der Waals surface area contributed by atoms with E-state index < -0.39 is 0 Å². The van der Waals surface area contributed by atoms with Gasteiger partial charge in [0.25, 0.3) is 0 Å². The Bertz CT molecular complexity index is 136. The molecule has 0 atom stereocenters. The number of hydrogen-bond donors (Lipinski definition) is 0. The van der Waals surface area contributed by atoms with Gasteiger partial charge in [0.15, 0.2) is 0 Å². The molecule has 1 rings (SSSR count). The molecule has 11 heavy (non-hydrogen) atoms. The number of carbonyl (C=O) groups excluding carboxylic acids is 1. The summed E-state index contributed by atoms with van der Waals surface area (Å²) in [6.45, 7) is 5.56. The molecule has 0 spiro atoms. The largest absolute Gasteiger partial charge is 0.464 e. The highest BCUT2D eigenvalue weighted by Crippen LogP contribution is 2.00. The molecule has 0 aromatic rings. The van der Waals surface area contributed by atoms with Crippen molar-refractivity contribution >= 4 is 5.97 Å². The lowest BCUT2D eigenvalue weighted by molar-refractivity contribution is -0.142. The van der Waals surface area contributed by atoms with Gasteiger partial charge in [-0.3, -0.25) is 9.69 Å². The summed E-state index contributed by atoms with van der Waals surface area (Å²) in [6.07, 6.45) is 1.70. The predicted octanol–water partition coefficient (Wildman–Crippen LogP) is 0.645. The van der Waals surface area contributed by atoms with Gasteiger partial charge in [-0.05, 0) is 13.0 Å². The Morgan fingerprint density at radius 2 is 2.36 bits per heavy atom. The third kappa shape index (κ3) is 2.89. The van der Waals surface area contributed by atoms with E-state index in [1.165, 1.54) is 0 Å². The molecule has 0 N–H and O–H groups in total. The molecule has 0 unspecified atom stereocenters. The van der Waals surface area contributed by atoms with E-state index in [0.29, 0.717) is 13.0 Å². The van der Waals surface area contributed by atoms with E-state index >= 15 is 0 Å². The quantitative estimate of drug-likeness (QED) is 0.551. The van der Waals surface area contributed by atoms with Crippen LogP contribution < -0.4 is 0 Å². The van der Waals surface area contributed by atoms with Gasteiger partial charge in [0.2, 0.25) is 0 Å². The summed E-state index contributed by atoms with van der Waals surface area (Å²) in [5.41, 5.74) is 0. The molecule has 1 heterocycles. The first-order valence-corrected chi connectivity index (χ1v) is 4.21. The van der Waals surface area contributed by atoms with Crippen LogP contribution in [0.4, 0.5) is 0 Å². The number of carbonyl (C=O) groups is 1. The molecular formula is C8H15NO2. The highest BCUT2D eigenvalue weighted by Gasteiger charge is 2.12. The van der Waals surface area contributed by atoms with Gasteiger partial charge in [0, 0.05) is 13.1 Å². The van der Waals surface area contributed by atoms with Crippen molar-refractivity contribution in [3.63, 3.8) is 0 Å².